The van der Waals surface area contributed by atoms with Gasteiger partial charge in [0.05, 0.1) is 24.1 Å². The van der Waals surface area contributed by atoms with Crippen molar-refractivity contribution in [1.29, 1.82) is 5.26 Å². The highest BCUT2D eigenvalue weighted by molar-refractivity contribution is 5.97. The van der Waals surface area contributed by atoms with Crippen LogP contribution in [0.4, 0.5) is 20.4 Å². The van der Waals surface area contributed by atoms with Crippen molar-refractivity contribution in [3.05, 3.63) is 89.0 Å². The third-order valence-corrected chi connectivity index (χ3v) is 5.89. The minimum atomic E-state index is -1.02. The molecule has 1 unspecified atom stereocenters. The van der Waals surface area contributed by atoms with Gasteiger partial charge in [0, 0.05) is 12.1 Å². The summed E-state index contributed by atoms with van der Waals surface area (Å²) in [7, 11) is 0. The van der Waals surface area contributed by atoms with Crippen molar-refractivity contribution in [3.63, 3.8) is 0 Å². The molecule has 5 rings (SSSR count). The third kappa shape index (κ3) is 5.30. The van der Waals surface area contributed by atoms with Gasteiger partial charge in [-0.2, -0.15) is 10.4 Å². The fourth-order valence-electron chi connectivity index (χ4n) is 3.79. The maximum atomic E-state index is 13.6. The van der Waals surface area contributed by atoms with E-state index in [0.29, 0.717) is 34.8 Å². The second kappa shape index (κ2) is 10.5. The molecular formula is C26H20F2N10O. The van der Waals surface area contributed by atoms with E-state index in [9.17, 15) is 18.8 Å². The van der Waals surface area contributed by atoms with Crippen molar-refractivity contribution < 1.29 is 13.6 Å². The number of hydrogen-bond acceptors (Lipinski definition) is 9. The highest BCUT2D eigenvalue weighted by atomic mass is 19.2. The van der Waals surface area contributed by atoms with Gasteiger partial charge in [-0.1, -0.05) is 30.3 Å². The number of aromatic nitrogens is 6. The number of nitrogens with two attached hydrogens (primary N) is 1. The highest BCUT2D eigenvalue weighted by Crippen LogP contribution is 2.22. The van der Waals surface area contributed by atoms with Crippen LogP contribution in [0.3, 0.4) is 0 Å². The quantitative estimate of drug-likeness (QED) is 0.247. The zero-order valence-electron chi connectivity index (χ0n) is 20.4. The van der Waals surface area contributed by atoms with Gasteiger partial charge in [0.1, 0.15) is 11.9 Å². The van der Waals surface area contributed by atoms with E-state index in [4.69, 9.17) is 5.73 Å². The zero-order chi connectivity index (χ0) is 27.5. The monoisotopic (exact) mass is 526 g/mol. The summed E-state index contributed by atoms with van der Waals surface area (Å²) in [6.07, 6.45) is 2.85. The maximum Gasteiger partial charge on any atom is 0.274 e. The van der Waals surface area contributed by atoms with Gasteiger partial charge in [0.2, 0.25) is 5.65 Å². The second-order valence-electron chi connectivity index (χ2n) is 8.55. The Bertz CT molecular complexity index is 1730. The van der Waals surface area contributed by atoms with E-state index in [2.05, 4.69) is 40.8 Å². The zero-order valence-corrected chi connectivity index (χ0v) is 20.4. The molecule has 0 saturated carbocycles. The Labute approximate surface area is 220 Å². The summed E-state index contributed by atoms with van der Waals surface area (Å²) >= 11 is 0. The number of rotatable bonds is 7. The molecule has 194 valence electrons. The van der Waals surface area contributed by atoms with Gasteiger partial charge < -0.3 is 16.4 Å². The molecule has 11 nitrogen and oxygen atoms in total. The van der Waals surface area contributed by atoms with Crippen LogP contribution in [0.2, 0.25) is 0 Å². The predicted molar refractivity (Wildman–Crippen MR) is 138 cm³/mol. The Hall–Kier alpha value is -5.51. The minimum Gasteiger partial charge on any atom is -0.382 e. The van der Waals surface area contributed by atoms with Crippen LogP contribution in [0, 0.1) is 23.0 Å². The molecule has 5 aromatic rings. The Morgan fingerprint density at radius 2 is 1.90 bits per heavy atom. The van der Waals surface area contributed by atoms with Crippen LogP contribution in [0.5, 0.6) is 0 Å². The van der Waals surface area contributed by atoms with Crippen LogP contribution in [-0.4, -0.2) is 36.0 Å². The lowest BCUT2D eigenvalue weighted by molar-refractivity contribution is 0.0935. The van der Waals surface area contributed by atoms with E-state index in [1.807, 2.05) is 30.3 Å². The molecule has 0 aliphatic carbocycles. The molecule has 0 fully saturated rings. The molecule has 2 aromatic carbocycles. The smallest absolute Gasteiger partial charge is 0.274 e. The minimum absolute atomic E-state index is 0.0492. The van der Waals surface area contributed by atoms with Crippen LogP contribution in [0.1, 0.15) is 40.3 Å². The van der Waals surface area contributed by atoms with E-state index >= 15 is 0 Å². The number of fused-ring (bicyclic) bond motifs is 1. The van der Waals surface area contributed by atoms with Crippen molar-refractivity contribution in [3.8, 4) is 17.3 Å². The first kappa shape index (κ1) is 25.2. The molecule has 1 atom stereocenters. The molecule has 0 saturated heterocycles. The number of nitrogens with one attached hydrogen (secondary N) is 3. The summed E-state index contributed by atoms with van der Waals surface area (Å²) in [5.41, 5.74) is 9.28. The summed E-state index contributed by atoms with van der Waals surface area (Å²) in [4.78, 5) is 30.1. The van der Waals surface area contributed by atoms with E-state index < -0.39 is 23.6 Å². The first-order chi connectivity index (χ1) is 18.8. The molecule has 3 heterocycles. The van der Waals surface area contributed by atoms with Crippen LogP contribution >= 0.6 is 0 Å². The van der Waals surface area contributed by atoms with Crippen molar-refractivity contribution >= 4 is 28.7 Å². The average Bonchev–Trinajstić information content (AvgIpc) is 3.33. The number of amides is 1. The lowest BCUT2D eigenvalue weighted by atomic mass is 10.1. The van der Waals surface area contributed by atoms with E-state index in [0.717, 1.165) is 23.3 Å². The number of carbonyl (C=O) groups excluding carboxylic acids is 1. The lowest BCUT2D eigenvalue weighted by Crippen LogP contribution is -2.29. The largest absolute Gasteiger partial charge is 0.382 e. The maximum absolute atomic E-state index is 13.6. The van der Waals surface area contributed by atoms with E-state index in [1.54, 1.807) is 13.1 Å². The fraction of sp³-hybridized carbons (Fsp3) is 0.115. The second-order valence-corrected chi connectivity index (χ2v) is 8.55. The normalized spacial score (nSPS) is 11.6. The number of anilines is 2. The topological polar surface area (TPSA) is 171 Å². The molecular weight excluding hydrogens is 506 g/mol. The number of aromatic amines is 1. The van der Waals surface area contributed by atoms with Crippen LogP contribution < -0.4 is 16.4 Å². The summed E-state index contributed by atoms with van der Waals surface area (Å²) in [6, 6.07) is 12.0. The van der Waals surface area contributed by atoms with Crippen molar-refractivity contribution in [1.82, 2.24) is 35.5 Å². The Morgan fingerprint density at radius 1 is 1.10 bits per heavy atom. The van der Waals surface area contributed by atoms with Crippen LogP contribution in [0.15, 0.2) is 54.9 Å². The fourth-order valence-corrected chi connectivity index (χ4v) is 3.79. The van der Waals surface area contributed by atoms with Crippen molar-refractivity contribution in [2.75, 3.05) is 11.1 Å². The summed E-state index contributed by atoms with van der Waals surface area (Å²) in [5.74, 6) is -2.16. The molecule has 1 amide bonds. The van der Waals surface area contributed by atoms with Gasteiger partial charge in [-0.05, 0) is 30.2 Å². The number of nitriles is 1. The summed E-state index contributed by atoms with van der Waals surface area (Å²) < 4.78 is 26.9. The Balaban J connectivity index is 1.31. The number of halogens is 2. The van der Waals surface area contributed by atoms with Gasteiger partial charge in [-0.3, -0.25) is 9.89 Å². The molecule has 0 bridgehead atoms. The van der Waals surface area contributed by atoms with E-state index in [-0.39, 0.29) is 17.2 Å². The van der Waals surface area contributed by atoms with Crippen molar-refractivity contribution in [2.24, 2.45) is 0 Å². The van der Waals surface area contributed by atoms with Crippen LogP contribution in [-0.2, 0) is 6.54 Å². The summed E-state index contributed by atoms with van der Waals surface area (Å²) in [6.45, 7) is 1.91. The van der Waals surface area contributed by atoms with E-state index in [1.165, 1.54) is 12.3 Å². The molecule has 39 heavy (non-hydrogen) atoms. The number of nitrogens with zero attached hydrogens (tertiary/aromatic N) is 6. The van der Waals surface area contributed by atoms with Gasteiger partial charge in [-0.25, -0.2) is 28.7 Å². The predicted octanol–water partition coefficient (Wildman–Crippen LogP) is 3.65. The first-order valence-electron chi connectivity index (χ1n) is 11.6. The standard InChI is InChI=1S/C26H20F2N10O/c1-13(16-6-7-18(27)19(28)8-16)34-26(39)22-24(32-11-17(9-29)35-22)31-10-14-2-4-15(5-3-14)20-12-33-25-21(36-20)23(30)37-38-25/h2-8,11-13H,10H2,1H3,(H,31,32)(H,34,39)(H3,30,33,37,38). The molecule has 0 aliphatic heterocycles. The Kier molecular flexibility index (Phi) is 6.75. The van der Waals surface area contributed by atoms with Gasteiger partial charge in [-0.15, -0.1) is 0 Å². The van der Waals surface area contributed by atoms with Crippen molar-refractivity contribution in [2.45, 2.75) is 19.5 Å². The number of hydrogen-bond donors (Lipinski definition) is 4. The molecule has 0 spiro atoms. The van der Waals surface area contributed by atoms with Gasteiger partial charge in [0.25, 0.3) is 5.91 Å². The number of nitrogen functional groups attached to an aromatic ring is 1. The number of benzene rings is 2. The molecule has 5 N–H and O–H groups in total. The van der Waals surface area contributed by atoms with Gasteiger partial charge >= 0.3 is 0 Å². The SMILES string of the molecule is CC(NC(=O)c1nc(C#N)cnc1NCc1ccc(-c2cnc3n[nH]c(N)c3n2)cc1)c1ccc(F)c(F)c1. The molecule has 13 heteroatoms. The Morgan fingerprint density at radius 3 is 2.64 bits per heavy atom. The number of carbonyl (C=O) groups is 1. The third-order valence-electron chi connectivity index (χ3n) is 5.89. The average molecular weight is 527 g/mol. The summed E-state index contributed by atoms with van der Waals surface area (Å²) in [5, 5.41) is 21.6. The molecule has 3 aromatic heterocycles. The lowest BCUT2D eigenvalue weighted by Gasteiger charge is -2.16. The van der Waals surface area contributed by atoms with Gasteiger partial charge in [0.15, 0.2) is 34.4 Å². The molecule has 0 radical (unpaired) electrons. The highest BCUT2D eigenvalue weighted by Gasteiger charge is 2.19. The number of H-pyrrole nitrogens is 1. The van der Waals surface area contributed by atoms with Crippen LogP contribution in [0.25, 0.3) is 22.4 Å². The first-order valence-corrected chi connectivity index (χ1v) is 11.6. The molecule has 0 aliphatic rings.